The monoisotopic (exact) mass is 247 g/mol. The van der Waals surface area contributed by atoms with E-state index in [-0.39, 0.29) is 5.91 Å². The third kappa shape index (κ3) is 3.82. The van der Waals surface area contributed by atoms with E-state index in [1.54, 1.807) is 0 Å². The third-order valence-corrected chi connectivity index (χ3v) is 3.16. The van der Waals surface area contributed by atoms with Crippen molar-refractivity contribution in [2.45, 2.75) is 19.9 Å². The first-order chi connectivity index (χ1) is 8.63. The summed E-state index contributed by atoms with van der Waals surface area (Å²) in [5.41, 5.74) is 2.07. The maximum absolute atomic E-state index is 11.9. The Labute approximate surface area is 108 Å². The highest BCUT2D eigenvalue weighted by Crippen LogP contribution is 2.08. The molecule has 0 radical (unpaired) electrons. The first-order valence-corrected chi connectivity index (χ1v) is 6.46. The van der Waals surface area contributed by atoms with Gasteiger partial charge in [0.2, 0.25) is 5.91 Å². The fraction of sp³-hybridized carbons (Fsp3) is 0.500. The van der Waals surface area contributed by atoms with Crippen LogP contribution in [0.1, 0.15) is 12.5 Å². The zero-order chi connectivity index (χ0) is 13.0. The minimum absolute atomic E-state index is 0.0629. The number of benzene rings is 1. The lowest BCUT2D eigenvalue weighted by atomic mass is 10.2. The van der Waals surface area contributed by atoms with Crippen LogP contribution in [0.25, 0.3) is 0 Å². The highest BCUT2D eigenvalue weighted by molar-refractivity contribution is 5.92. The van der Waals surface area contributed by atoms with Crippen molar-refractivity contribution < 1.29 is 4.79 Å². The van der Waals surface area contributed by atoms with Gasteiger partial charge in [-0.05, 0) is 26.0 Å². The van der Waals surface area contributed by atoms with E-state index in [0.29, 0.717) is 12.6 Å². The minimum atomic E-state index is 0.0629. The number of amides is 1. The number of piperazine rings is 1. The topological polar surface area (TPSA) is 44.4 Å². The van der Waals surface area contributed by atoms with Crippen LogP contribution in [0.5, 0.6) is 0 Å². The van der Waals surface area contributed by atoms with Crippen molar-refractivity contribution in [3.05, 3.63) is 29.8 Å². The summed E-state index contributed by atoms with van der Waals surface area (Å²) in [6.07, 6.45) is 0. The summed E-state index contributed by atoms with van der Waals surface area (Å²) < 4.78 is 0. The van der Waals surface area contributed by atoms with E-state index in [9.17, 15) is 4.79 Å². The molecule has 2 N–H and O–H groups in total. The molecule has 0 aromatic heterocycles. The van der Waals surface area contributed by atoms with Gasteiger partial charge in [0.25, 0.3) is 0 Å². The Morgan fingerprint density at radius 3 is 2.83 bits per heavy atom. The first-order valence-electron chi connectivity index (χ1n) is 6.46. The molecule has 0 aliphatic carbocycles. The molecule has 0 unspecified atom stereocenters. The maximum Gasteiger partial charge on any atom is 0.238 e. The first kappa shape index (κ1) is 13.1. The van der Waals surface area contributed by atoms with E-state index in [1.807, 2.05) is 31.2 Å². The summed E-state index contributed by atoms with van der Waals surface area (Å²) in [5.74, 6) is 0.0629. The number of hydrogen-bond donors (Lipinski definition) is 2. The van der Waals surface area contributed by atoms with Crippen LogP contribution in [0.4, 0.5) is 5.69 Å². The number of carbonyl (C=O) groups excluding carboxylic acids is 1. The molecule has 18 heavy (non-hydrogen) atoms. The van der Waals surface area contributed by atoms with E-state index in [4.69, 9.17) is 0 Å². The Balaban J connectivity index is 1.83. The molecular formula is C14H21N3O. The lowest BCUT2D eigenvalue weighted by Crippen LogP contribution is -2.51. The van der Waals surface area contributed by atoms with Gasteiger partial charge in [-0.1, -0.05) is 17.7 Å². The Kier molecular flexibility index (Phi) is 4.33. The number of carbonyl (C=O) groups is 1. The number of hydrogen-bond acceptors (Lipinski definition) is 3. The molecule has 1 saturated heterocycles. The van der Waals surface area contributed by atoms with Gasteiger partial charge in [-0.25, -0.2) is 0 Å². The summed E-state index contributed by atoms with van der Waals surface area (Å²) >= 11 is 0. The van der Waals surface area contributed by atoms with Crippen molar-refractivity contribution in [2.24, 2.45) is 0 Å². The SMILES string of the molecule is Cc1ccc(NC(=O)CN2CCN[C@H](C)C2)cc1. The standard InChI is InChI=1S/C14H21N3O/c1-11-3-5-13(6-4-11)16-14(18)10-17-8-7-15-12(2)9-17/h3-6,12,15H,7-10H2,1-2H3,(H,16,18)/t12-/m1/s1. The van der Waals surface area contributed by atoms with Crippen LogP contribution in [-0.4, -0.2) is 43.0 Å². The fourth-order valence-corrected chi connectivity index (χ4v) is 2.20. The zero-order valence-electron chi connectivity index (χ0n) is 11.1. The quantitative estimate of drug-likeness (QED) is 0.844. The van der Waals surface area contributed by atoms with Crippen molar-refractivity contribution in [3.8, 4) is 0 Å². The van der Waals surface area contributed by atoms with Crippen molar-refractivity contribution in [3.63, 3.8) is 0 Å². The van der Waals surface area contributed by atoms with Crippen LogP contribution >= 0.6 is 0 Å². The predicted octanol–water partition coefficient (Wildman–Crippen LogP) is 1.23. The zero-order valence-corrected chi connectivity index (χ0v) is 11.1. The van der Waals surface area contributed by atoms with E-state index >= 15 is 0 Å². The number of nitrogens with one attached hydrogen (secondary N) is 2. The van der Waals surface area contributed by atoms with Crippen molar-refractivity contribution >= 4 is 11.6 Å². The summed E-state index contributed by atoms with van der Waals surface area (Å²) in [6.45, 7) is 7.48. The van der Waals surface area contributed by atoms with Gasteiger partial charge in [-0.3, -0.25) is 9.69 Å². The molecule has 4 heteroatoms. The summed E-state index contributed by atoms with van der Waals surface area (Å²) in [4.78, 5) is 14.1. The Hall–Kier alpha value is -1.39. The molecule has 1 aliphatic rings. The van der Waals surface area contributed by atoms with Crippen LogP contribution in [0.2, 0.25) is 0 Å². The second-order valence-electron chi connectivity index (χ2n) is 5.00. The molecule has 1 aliphatic heterocycles. The van der Waals surface area contributed by atoms with Gasteiger partial charge in [-0.15, -0.1) is 0 Å². The second-order valence-corrected chi connectivity index (χ2v) is 5.00. The molecule has 1 amide bonds. The van der Waals surface area contributed by atoms with Crippen molar-refractivity contribution in [1.82, 2.24) is 10.2 Å². The van der Waals surface area contributed by atoms with Crippen LogP contribution in [-0.2, 0) is 4.79 Å². The molecular weight excluding hydrogens is 226 g/mol. The van der Waals surface area contributed by atoms with Crippen LogP contribution < -0.4 is 10.6 Å². The Morgan fingerprint density at radius 1 is 1.44 bits per heavy atom. The molecule has 98 valence electrons. The molecule has 1 atom stereocenters. The summed E-state index contributed by atoms with van der Waals surface area (Å²) in [6, 6.07) is 8.35. The van der Waals surface area contributed by atoms with Gasteiger partial charge in [0.1, 0.15) is 0 Å². The molecule has 0 spiro atoms. The molecule has 1 aromatic rings. The number of aryl methyl sites for hydroxylation is 1. The van der Waals surface area contributed by atoms with Crippen molar-refractivity contribution in [2.75, 3.05) is 31.5 Å². The molecule has 1 heterocycles. The van der Waals surface area contributed by atoms with Gasteiger partial charge in [0, 0.05) is 31.4 Å². The van der Waals surface area contributed by atoms with Gasteiger partial charge in [-0.2, -0.15) is 0 Å². The van der Waals surface area contributed by atoms with E-state index in [1.165, 1.54) is 5.56 Å². The van der Waals surface area contributed by atoms with Gasteiger partial charge in [0.15, 0.2) is 0 Å². The number of anilines is 1. The predicted molar refractivity (Wildman–Crippen MR) is 73.7 cm³/mol. The normalized spacial score (nSPS) is 20.7. The molecule has 2 rings (SSSR count). The van der Waals surface area contributed by atoms with Gasteiger partial charge < -0.3 is 10.6 Å². The van der Waals surface area contributed by atoms with Crippen molar-refractivity contribution in [1.29, 1.82) is 0 Å². The Bertz CT molecular complexity index is 402. The average Bonchev–Trinajstić information content (AvgIpc) is 2.32. The largest absolute Gasteiger partial charge is 0.325 e. The van der Waals surface area contributed by atoms with E-state index < -0.39 is 0 Å². The molecule has 1 fully saturated rings. The molecule has 1 aromatic carbocycles. The maximum atomic E-state index is 11.9. The summed E-state index contributed by atoms with van der Waals surface area (Å²) in [7, 11) is 0. The lowest BCUT2D eigenvalue weighted by molar-refractivity contribution is -0.117. The second kappa shape index (κ2) is 5.98. The highest BCUT2D eigenvalue weighted by Gasteiger charge is 2.17. The molecule has 0 saturated carbocycles. The van der Waals surface area contributed by atoms with E-state index in [2.05, 4.69) is 22.5 Å². The Morgan fingerprint density at radius 2 is 2.17 bits per heavy atom. The summed E-state index contributed by atoms with van der Waals surface area (Å²) in [5, 5.41) is 6.30. The molecule has 0 bridgehead atoms. The van der Waals surface area contributed by atoms with Gasteiger partial charge in [0.05, 0.1) is 6.54 Å². The minimum Gasteiger partial charge on any atom is -0.325 e. The fourth-order valence-electron chi connectivity index (χ4n) is 2.20. The van der Waals surface area contributed by atoms with Crippen LogP contribution in [0.15, 0.2) is 24.3 Å². The highest BCUT2D eigenvalue weighted by atomic mass is 16.2. The van der Waals surface area contributed by atoms with Crippen LogP contribution in [0, 0.1) is 6.92 Å². The van der Waals surface area contributed by atoms with Gasteiger partial charge >= 0.3 is 0 Å². The third-order valence-electron chi connectivity index (χ3n) is 3.16. The average molecular weight is 247 g/mol. The molecule has 4 nitrogen and oxygen atoms in total. The van der Waals surface area contributed by atoms with E-state index in [0.717, 1.165) is 25.3 Å². The number of rotatable bonds is 3. The smallest absolute Gasteiger partial charge is 0.238 e. The number of nitrogens with zero attached hydrogens (tertiary/aromatic N) is 1. The lowest BCUT2D eigenvalue weighted by Gasteiger charge is -2.31. The van der Waals surface area contributed by atoms with Crippen LogP contribution in [0.3, 0.4) is 0 Å².